The maximum absolute atomic E-state index is 12.8. The monoisotopic (exact) mass is 337 g/mol. The van der Waals surface area contributed by atoms with Gasteiger partial charge in [0, 0.05) is 5.69 Å². The quantitative estimate of drug-likeness (QED) is 0.808. The topological polar surface area (TPSA) is 55.2 Å². The number of imide groups is 1. The molecule has 1 saturated carbocycles. The van der Waals surface area contributed by atoms with E-state index in [1.54, 1.807) is 0 Å². The summed E-state index contributed by atoms with van der Waals surface area (Å²) in [5.41, 5.74) is 3.83. The van der Waals surface area contributed by atoms with Gasteiger partial charge in [0.15, 0.2) is 0 Å². The number of aromatic nitrogens is 2. The normalized spacial score (nSPS) is 23.2. The number of hydrogen-bond acceptors (Lipinski definition) is 3. The lowest BCUT2D eigenvalue weighted by Gasteiger charge is -2.19. The zero-order valence-corrected chi connectivity index (χ0v) is 14.7. The molecule has 5 heteroatoms. The summed E-state index contributed by atoms with van der Waals surface area (Å²) < 4.78 is 1.95. The summed E-state index contributed by atoms with van der Waals surface area (Å²) in [6, 6.07) is 9.78. The molecule has 2 atom stereocenters. The average Bonchev–Trinajstić information content (AvgIpc) is 3.05. The van der Waals surface area contributed by atoms with E-state index in [0.29, 0.717) is 12.2 Å². The van der Waals surface area contributed by atoms with Crippen molar-refractivity contribution in [2.45, 2.75) is 46.1 Å². The minimum Gasteiger partial charge on any atom is -0.274 e. The van der Waals surface area contributed by atoms with Crippen molar-refractivity contribution in [1.82, 2.24) is 9.78 Å². The van der Waals surface area contributed by atoms with Gasteiger partial charge in [0.2, 0.25) is 11.8 Å². The van der Waals surface area contributed by atoms with Crippen LogP contribution in [0.4, 0.5) is 5.69 Å². The van der Waals surface area contributed by atoms with Crippen LogP contribution in [0.2, 0.25) is 0 Å². The van der Waals surface area contributed by atoms with Crippen LogP contribution in [0.25, 0.3) is 0 Å². The Balaban J connectivity index is 1.62. The lowest BCUT2D eigenvalue weighted by atomic mass is 9.81. The third-order valence-electron chi connectivity index (χ3n) is 5.45. The van der Waals surface area contributed by atoms with E-state index in [1.165, 1.54) is 4.90 Å². The molecule has 5 nitrogen and oxygen atoms in total. The molecule has 0 bridgehead atoms. The Labute approximate surface area is 147 Å². The smallest absolute Gasteiger partial charge is 0.237 e. The van der Waals surface area contributed by atoms with Gasteiger partial charge in [0.1, 0.15) is 0 Å². The number of fused-ring (bicyclic) bond motifs is 1. The summed E-state index contributed by atoms with van der Waals surface area (Å²) in [6.45, 7) is 4.64. The fourth-order valence-corrected chi connectivity index (χ4v) is 4.22. The molecular weight excluding hydrogens is 314 g/mol. The molecule has 1 aliphatic carbocycles. The maximum Gasteiger partial charge on any atom is 0.237 e. The van der Waals surface area contributed by atoms with E-state index in [9.17, 15) is 9.59 Å². The molecule has 1 aromatic carbocycles. The predicted octanol–water partition coefficient (Wildman–Crippen LogP) is 3.23. The molecule has 2 aliphatic rings. The van der Waals surface area contributed by atoms with Gasteiger partial charge in [0.05, 0.1) is 29.8 Å². The van der Waals surface area contributed by atoms with Crippen LogP contribution in [-0.2, 0) is 16.1 Å². The maximum atomic E-state index is 12.8. The molecule has 0 radical (unpaired) electrons. The Hall–Kier alpha value is -2.43. The number of benzene rings is 1. The molecule has 0 spiro atoms. The molecule has 1 aromatic heterocycles. The molecule has 2 amide bonds. The Morgan fingerprint density at radius 1 is 1.04 bits per heavy atom. The molecule has 130 valence electrons. The summed E-state index contributed by atoms with van der Waals surface area (Å²) in [4.78, 5) is 27.0. The van der Waals surface area contributed by atoms with Gasteiger partial charge in [-0.1, -0.05) is 25.0 Å². The number of nitrogens with zero attached hydrogens (tertiary/aromatic N) is 3. The first-order valence-corrected chi connectivity index (χ1v) is 9.02. The van der Waals surface area contributed by atoms with Gasteiger partial charge < -0.3 is 0 Å². The van der Waals surface area contributed by atoms with Crippen molar-refractivity contribution in [3.05, 3.63) is 47.3 Å². The summed E-state index contributed by atoms with van der Waals surface area (Å²) in [7, 11) is 0. The van der Waals surface area contributed by atoms with Gasteiger partial charge >= 0.3 is 0 Å². The van der Waals surface area contributed by atoms with Crippen LogP contribution in [0.3, 0.4) is 0 Å². The van der Waals surface area contributed by atoms with Crippen LogP contribution in [0, 0.1) is 25.7 Å². The minimum absolute atomic E-state index is 0.0158. The van der Waals surface area contributed by atoms with Crippen molar-refractivity contribution in [1.29, 1.82) is 0 Å². The second-order valence-corrected chi connectivity index (χ2v) is 7.26. The van der Waals surface area contributed by atoms with E-state index >= 15 is 0 Å². The van der Waals surface area contributed by atoms with E-state index in [2.05, 4.69) is 5.10 Å². The second kappa shape index (κ2) is 6.14. The van der Waals surface area contributed by atoms with Gasteiger partial charge in [0.25, 0.3) is 0 Å². The lowest BCUT2D eigenvalue weighted by Crippen LogP contribution is -2.30. The first kappa shape index (κ1) is 16.1. The Morgan fingerprint density at radius 2 is 1.72 bits per heavy atom. The van der Waals surface area contributed by atoms with Crippen molar-refractivity contribution < 1.29 is 9.59 Å². The molecular formula is C20H23N3O2. The molecule has 2 heterocycles. The predicted molar refractivity (Wildman–Crippen MR) is 95.2 cm³/mol. The van der Waals surface area contributed by atoms with Crippen molar-refractivity contribution in [2.75, 3.05) is 4.90 Å². The van der Waals surface area contributed by atoms with E-state index < -0.39 is 0 Å². The average molecular weight is 337 g/mol. The number of carbonyl (C=O) groups excluding carboxylic acids is 2. The highest BCUT2D eigenvalue weighted by atomic mass is 16.2. The molecule has 0 N–H and O–H groups in total. The fourth-order valence-electron chi connectivity index (χ4n) is 4.22. The zero-order valence-electron chi connectivity index (χ0n) is 14.7. The highest BCUT2D eigenvalue weighted by molar-refractivity contribution is 6.22. The lowest BCUT2D eigenvalue weighted by molar-refractivity contribution is -0.122. The summed E-state index contributed by atoms with van der Waals surface area (Å²) in [5, 5.41) is 4.49. The molecule has 25 heavy (non-hydrogen) atoms. The van der Waals surface area contributed by atoms with E-state index in [-0.39, 0.29) is 23.7 Å². The highest BCUT2D eigenvalue weighted by Gasteiger charge is 2.48. The largest absolute Gasteiger partial charge is 0.274 e. The number of aryl methyl sites for hydroxylation is 2. The van der Waals surface area contributed by atoms with E-state index in [0.717, 1.165) is 42.6 Å². The summed E-state index contributed by atoms with van der Waals surface area (Å²) in [5.74, 6) is -0.252. The molecule has 2 unspecified atom stereocenters. The van der Waals surface area contributed by atoms with Crippen molar-refractivity contribution in [3.63, 3.8) is 0 Å². The Kier molecular flexibility index (Phi) is 3.94. The van der Waals surface area contributed by atoms with E-state index in [4.69, 9.17) is 0 Å². The van der Waals surface area contributed by atoms with E-state index in [1.807, 2.05) is 48.9 Å². The SMILES string of the molecule is Cc1cc(C)n(Cc2cccc(N3C(=O)C4CCCCC4C3=O)c2)n1. The first-order chi connectivity index (χ1) is 12.0. The van der Waals surface area contributed by atoms with Crippen LogP contribution in [0.5, 0.6) is 0 Å². The van der Waals surface area contributed by atoms with Gasteiger partial charge in [-0.05, 0) is 50.5 Å². The highest BCUT2D eigenvalue weighted by Crippen LogP contribution is 2.40. The zero-order chi connectivity index (χ0) is 17.6. The first-order valence-electron chi connectivity index (χ1n) is 9.02. The standard InChI is InChI=1S/C20H23N3O2/c1-13-10-14(2)22(21-13)12-15-6-5-7-16(11-15)23-19(24)17-8-3-4-9-18(17)20(23)25/h5-7,10-11,17-18H,3-4,8-9,12H2,1-2H3. The summed E-state index contributed by atoms with van der Waals surface area (Å²) in [6.07, 6.45) is 3.78. The van der Waals surface area contributed by atoms with Gasteiger partial charge in [-0.2, -0.15) is 5.10 Å². The summed E-state index contributed by atoms with van der Waals surface area (Å²) >= 11 is 0. The minimum atomic E-state index is -0.110. The van der Waals surface area contributed by atoms with Gasteiger partial charge in [-0.3, -0.25) is 19.2 Å². The second-order valence-electron chi connectivity index (χ2n) is 7.26. The number of hydrogen-bond donors (Lipinski definition) is 0. The number of amides is 2. The molecule has 2 fully saturated rings. The van der Waals surface area contributed by atoms with Gasteiger partial charge in [-0.15, -0.1) is 0 Å². The molecule has 1 aliphatic heterocycles. The van der Waals surface area contributed by atoms with Gasteiger partial charge in [-0.25, -0.2) is 0 Å². The fraction of sp³-hybridized carbons (Fsp3) is 0.450. The van der Waals surface area contributed by atoms with Crippen LogP contribution in [0.1, 0.15) is 42.6 Å². The van der Waals surface area contributed by atoms with Crippen molar-refractivity contribution in [3.8, 4) is 0 Å². The number of anilines is 1. The van der Waals surface area contributed by atoms with Crippen LogP contribution in [0.15, 0.2) is 30.3 Å². The number of rotatable bonds is 3. The number of carbonyl (C=O) groups is 2. The van der Waals surface area contributed by atoms with Crippen LogP contribution < -0.4 is 4.90 Å². The Bertz CT molecular complexity index is 815. The molecule has 1 saturated heterocycles. The third-order valence-corrected chi connectivity index (χ3v) is 5.45. The van der Waals surface area contributed by atoms with Crippen molar-refractivity contribution in [2.24, 2.45) is 11.8 Å². The molecule has 2 aromatic rings. The molecule has 4 rings (SSSR count). The third kappa shape index (κ3) is 2.77. The Morgan fingerprint density at radius 3 is 2.32 bits per heavy atom. The van der Waals surface area contributed by atoms with Crippen LogP contribution >= 0.6 is 0 Å². The van der Waals surface area contributed by atoms with Crippen LogP contribution in [-0.4, -0.2) is 21.6 Å². The van der Waals surface area contributed by atoms with Crippen molar-refractivity contribution >= 4 is 17.5 Å².